The zero-order valence-corrected chi connectivity index (χ0v) is 16.5. The molecule has 0 unspecified atom stereocenters. The third-order valence-electron chi connectivity index (χ3n) is 5.72. The predicted molar refractivity (Wildman–Crippen MR) is 111 cm³/mol. The van der Waals surface area contributed by atoms with E-state index in [0.717, 1.165) is 54.0 Å². The maximum absolute atomic E-state index is 11.3. The van der Waals surface area contributed by atoms with Gasteiger partial charge in [0, 0.05) is 10.6 Å². The number of ether oxygens (including phenoxy) is 1. The van der Waals surface area contributed by atoms with Gasteiger partial charge in [-0.25, -0.2) is 9.78 Å². The summed E-state index contributed by atoms with van der Waals surface area (Å²) in [5.74, 6) is 0.489. The summed E-state index contributed by atoms with van der Waals surface area (Å²) in [5.41, 5.74) is 3.99. The number of carbonyl (C=O) groups is 1. The highest BCUT2D eigenvalue weighted by atomic mass is 35.5. The lowest BCUT2D eigenvalue weighted by Gasteiger charge is -2.15. The molecule has 28 heavy (non-hydrogen) atoms. The Morgan fingerprint density at radius 1 is 1.11 bits per heavy atom. The third kappa shape index (κ3) is 4.07. The van der Waals surface area contributed by atoms with Crippen LogP contribution in [0.4, 0.5) is 0 Å². The second-order valence-electron chi connectivity index (χ2n) is 7.63. The molecule has 0 aliphatic heterocycles. The summed E-state index contributed by atoms with van der Waals surface area (Å²) in [6.07, 6.45) is 7.89. The van der Waals surface area contributed by atoms with Crippen LogP contribution in [0.15, 0.2) is 36.4 Å². The Kier molecular flexibility index (Phi) is 5.67. The molecule has 4 rings (SSSR count). The summed E-state index contributed by atoms with van der Waals surface area (Å²) in [6.45, 7) is 0.759. The van der Waals surface area contributed by atoms with Gasteiger partial charge in [-0.3, -0.25) is 0 Å². The highest BCUT2D eigenvalue weighted by Gasteiger charge is 2.22. The zero-order chi connectivity index (χ0) is 19.5. The fourth-order valence-corrected chi connectivity index (χ4v) is 4.49. The summed E-state index contributed by atoms with van der Waals surface area (Å²) in [7, 11) is 0. The molecule has 1 aromatic carbocycles. The molecule has 0 saturated heterocycles. The number of aromatic carboxylic acids is 1. The van der Waals surface area contributed by atoms with E-state index in [0.29, 0.717) is 10.9 Å². The molecule has 5 heteroatoms. The lowest BCUT2D eigenvalue weighted by molar-refractivity contribution is 0.0690. The van der Waals surface area contributed by atoms with Gasteiger partial charge in [-0.1, -0.05) is 30.5 Å². The van der Waals surface area contributed by atoms with Crippen LogP contribution in [-0.4, -0.2) is 22.7 Å². The first-order valence-electron chi connectivity index (χ1n) is 9.97. The van der Waals surface area contributed by atoms with Crippen molar-refractivity contribution >= 4 is 28.7 Å². The fraction of sp³-hybridized carbons (Fsp3) is 0.391. The van der Waals surface area contributed by atoms with Gasteiger partial charge in [0.15, 0.2) is 0 Å². The molecular weight excluding hydrogens is 374 g/mol. The molecule has 2 aliphatic carbocycles. The van der Waals surface area contributed by atoms with Crippen molar-refractivity contribution in [1.82, 2.24) is 4.98 Å². The second kappa shape index (κ2) is 8.36. The van der Waals surface area contributed by atoms with Crippen LogP contribution in [0.1, 0.15) is 66.7 Å². The van der Waals surface area contributed by atoms with Gasteiger partial charge in [0.2, 0.25) is 0 Å². The molecule has 1 heterocycles. The molecule has 0 spiro atoms. The molecule has 2 aliphatic rings. The van der Waals surface area contributed by atoms with Crippen molar-refractivity contribution in [3.63, 3.8) is 0 Å². The van der Waals surface area contributed by atoms with E-state index in [2.05, 4.69) is 4.98 Å². The van der Waals surface area contributed by atoms with Gasteiger partial charge in [0.25, 0.3) is 0 Å². The van der Waals surface area contributed by atoms with E-state index in [9.17, 15) is 9.90 Å². The minimum atomic E-state index is -1.01. The Labute approximate surface area is 170 Å². The quantitative estimate of drug-likeness (QED) is 0.640. The van der Waals surface area contributed by atoms with E-state index in [4.69, 9.17) is 16.3 Å². The van der Waals surface area contributed by atoms with E-state index in [-0.39, 0.29) is 5.69 Å². The molecule has 0 radical (unpaired) electrons. The number of pyridine rings is 1. The van der Waals surface area contributed by atoms with Gasteiger partial charge in [-0.15, -0.1) is 0 Å². The minimum Gasteiger partial charge on any atom is -0.493 e. The summed E-state index contributed by atoms with van der Waals surface area (Å²) in [4.78, 5) is 15.6. The van der Waals surface area contributed by atoms with Crippen LogP contribution in [-0.2, 0) is 0 Å². The Morgan fingerprint density at radius 3 is 2.68 bits per heavy atom. The normalized spacial score (nSPS) is 17.3. The minimum absolute atomic E-state index is 0.0657. The third-order valence-corrected chi connectivity index (χ3v) is 6.05. The van der Waals surface area contributed by atoms with Crippen molar-refractivity contribution in [3.8, 4) is 5.75 Å². The van der Waals surface area contributed by atoms with E-state index in [1.54, 1.807) is 6.07 Å². The van der Waals surface area contributed by atoms with E-state index in [1.807, 2.05) is 24.3 Å². The average molecular weight is 398 g/mol. The number of hydrogen-bond acceptors (Lipinski definition) is 3. The summed E-state index contributed by atoms with van der Waals surface area (Å²) in [5, 5.41) is 9.94. The van der Waals surface area contributed by atoms with Crippen molar-refractivity contribution in [1.29, 1.82) is 0 Å². The molecule has 1 fully saturated rings. The number of halogens is 1. The maximum Gasteiger partial charge on any atom is 0.354 e. The molecule has 2 aromatic rings. The summed E-state index contributed by atoms with van der Waals surface area (Å²) in [6, 6.07) is 11.0. The van der Waals surface area contributed by atoms with Gasteiger partial charge >= 0.3 is 5.97 Å². The average Bonchev–Trinajstić information content (AvgIpc) is 3.39. The van der Waals surface area contributed by atoms with Crippen LogP contribution in [0, 0.1) is 5.92 Å². The van der Waals surface area contributed by atoms with Crippen molar-refractivity contribution in [2.45, 2.75) is 44.9 Å². The molecule has 0 amide bonds. The Balaban J connectivity index is 1.64. The highest BCUT2D eigenvalue weighted by molar-refractivity contribution is 6.32. The number of rotatable bonds is 6. The molecule has 4 nitrogen and oxygen atoms in total. The number of aromatic nitrogens is 1. The van der Waals surface area contributed by atoms with Gasteiger partial charge < -0.3 is 9.84 Å². The summed E-state index contributed by atoms with van der Waals surface area (Å²) < 4.78 is 6.06. The molecule has 146 valence electrons. The fourth-order valence-electron chi connectivity index (χ4n) is 4.26. The Bertz CT molecular complexity index is 916. The molecule has 1 aromatic heterocycles. The Hall–Kier alpha value is -2.33. The van der Waals surface area contributed by atoms with Crippen LogP contribution in [0.2, 0.25) is 5.02 Å². The summed E-state index contributed by atoms with van der Waals surface area (Å²) >= 11 is 6.53. The van der Waals surface area contributed by atoms with E-state index < -0.39 is 5.97 Å². The van der Waals surface area contributed by atoms with Crippen LogP contribution >= 0.6 is 11.6 Å². The smallest absolute Gasteiger partial charge is 0.354 e. The van der Waals surface area contributed by atoms with E-state index in [1.165, 1.54) is 31.7 Å². The first-order chi connectivity index (χ1) is 13.6. The number of nitrogens with zero attached hydrogens (tertiary/aromatic N) is 1. The van der Waals surface area contributed by atoms with Gasteiger partial charge in [-0.05, 0) is 79.5 Å². The first-order valence-corrected chi connectivity index (χ1v) is 10.3. The van der Waals surface area contributed by atoms with Crippen LogP contribution < -0.4 is 4.74 Å². The molecule has 0 bridgehead atoms. The SMILES string of the molecule is O=C(O)c1cccc(C2=C(c3cc(OCC4CCCC4)ccc3Cl)CCC2)n1. The van der Waals surface area contributed by atoms with Gasteiger partial charge in [0.05, 0.1) is 12.3 Å². The molecule has 0 atom stereocenters. The van der Waals surface area contributed by atoms with Gasteiger partial charge in [-0.2, -0.15) is 0 Å². The Morgan fingerprint density at radius 2 is 1.89 bits per heavy atom. The van der Waals surface area contributed by atoms with Crippen LogP contribution in [0.5, 0.6) is 5.75 Å². The lowest BCUT2D eigenvalue weighted by atomic mass is 9.99. The largest absolute Gasteiger partial charge is 0.493 e. The molecular formula is C23H24ClNO3. The van der Waals surface area contributed by atoms with Crippen LogP contribution in [0.3, 0.4) is 0 Å². The topological polar surface area (TPSA) is 59.4 Å². The number of carboxylic acids is 1. The first kappa shape index (κ1) is 19.0. The highest BCUT2D eigenvalue weighted by Crippen LogP contribution is 2.42. The monoisotopic (exact) mass is 397 g/mol. The van der Waals surface area contributed by atoms with E-state index >= 15 is 0 Å². The van der Waals surface area contributed by atoms with Crippen molar-refractivity contribution in [2.75, 3.05) is 6.61 Å². The van der Waals surface area contributed by atoms with Crippen LogP contribution in [0.25, 0.3) is 11.1 Å². The lowest BCUT2D eigenvalue weighted by Crippen LogP contribution is -2.08. The number of hydrogen-bond donors (Lipinski definition) is 1. The zero-order valence-electron chi connectivity index (χ0n) is 15.8. The van der Waals surface area contributed by atoms with Crippen molar-refractivity contribution in [3.05, 3.63) is 58.4 Å². The number of allylic oxidation sites excluding steroid dienone is 2. The van der Waals surface area contributed by atoms with Crippen molar-refractivity contribution < 1.29 is 14.6 Å². The molecule has 1 saturated carbocycles. The predicted octanol–water partition coefficient (Wildman–Crippen LogP) is 6.10. The standard InChI is InChI=1S/C23H24ClNO3/c24-20-12-11-16(28-14-15-5-1-2-6-15)13-19(20)17-7-3-8-18(17)21-9-4-10-22(25-21)23(26)27/h4,9-13,15H,1-3,5-8,14H2,(H,26,27). The number of carboxylic acid groups (broad SMARTS) is 1. The maximum atomic E-state index is 11.3. The number of benzene rings is 1. The van der Waals surface area contributed by atoms with Crippen molar-refractivity contribution in [2.24, 2.45) is 5.92 Å². The molecule has 1 N–H and O–H groups in total. The second-order valence-corrected chi connectivity index (χ2v) is 8.03. The van der Waals surface area contributed by atoms with Gasteiger partial charge in [0.1, 0.15) is 11.4 Å².